The number of methoxy groups -OCH3 is 1. The first-order chi connectivity index (χ1) is 14.3. The number of carbonyl (C=O) groups is 2. The lowest BCUT2D eigenvalue weighted by molar-refractivity contribution is -0.193. The maximum Gasteiger partial charge on any atom is 0.387 e. The average Bonchev–Trinajstić information content (AvgIpc) is 3.01. The van der Waals surface area contributed by atoms with Crippen molar-refractivity contribution in [2.45, 2.75) is 45.1 Å². The van der Waals surface area contributed by atoms with E-state index in [1.54, 1.807) is 24.3 Å². The maximum atomic E-state index is 15.2. The standard InChI is InChI=1S/C24H29FO5/c1-4-5-13-19-17(2)16-21(26)20(19)14-9-10-15-22(27)24(25,23(28)29-3)30-18-11-7-6-8-12-18/h5-9,11-13,15,17,19-20,22,27H,4,14,16H2,1-3H3/b13-5+/t10?,17-,19+,20-,22?,24?/m1/s1/i27+0. The van der Waals surface area contributed by atoms with E-state index in [0.29, 0.717) is 12.8 Å². The van der Waals surface area contributed by atoms with Gasteiger partial charge >= 0.3 is 11.8 Å². The van der Waals surface area contributed by atoms with Crippen molar-refractivity contribution < 1.29 is 28.6 Å². The van der Waals surface area contributed by atoms with Gasteiger partial charge in [-0.2, -0.15) is 4.39 Å². The molecule has 1 N–H and O–H groups in total. The Hall–Kier alpha value is -2.69. The Kier molecular flexibility index (Phi) is 8.58. The molecule has 0 amide bonds. The van der Waals surface area contributed by atoms with Gasteiger partial charge in [-0.3, -0.25) is 4.79 Å². The Morgan fingerprint density at radius 2 is 2.10 bits per heavy atom. The number of ether oxygens (including phenoxy) is 2. The van der Waals surface area contributed by atoms with Gasteiger partial charge < -0.3 is 14.6 Å². The fraction of sp³-hybridized carbons (Fsp3) is 0.458. The quantitative estimate of drug-likeness (QED) is 0.372. The number of para-hydroxylation sites is 1. The number of aliphatic hydroxyl groups excluding tert-OH is 1. The van der Waals surface area contributed by atoms with Crippen LogP contribution in [0.5, 0.6) is 5.75 Å². The highest BCUT2D eigenvalue weighted by Gasteiger charge is 2.49. The van der Waals surface area contributed by atoms with Crippen LogP contribution in [0.15, 0.2) is 60.4 Å². The minimum Gasteiger partial charge on any atom is -0.464 e. The average molecular weight is 416 g/mol. The van der Waals surface area contributed by atoms with Gasteiger partial charge in [0.1, 0.15) is 11.5 Å². The van der Waals surface area contributed by atoms with Crippen LogP contribution >= 0.6 is 0 Å². The van der Waals surface area contributed by atoms with Crippen LogP contribution in [-0.2, 0) is 14.3 Å². The third-order valence-electron chi connectivity index (χ3n) is 5.25. The highest BCUT2D eigenvalue weighted by molar-refractivity contribution is 5.84. The Bertz CT molecular complexity index is 812. The van der Waals surface area contributed by atoms with Gasteiger partial charge in [0.25, 0.3) is 0 Å². The number of aliphatic hydroxyl groups is 1. The summed E-state index contributed by atoms with van der Waals surface area (Å²) in [4.78, 5) is 24.2. The first-order valence-electron chi connectivity index (χ1n) is 10.1. The summed E-state index contributed by atoms with van der Waals surface area (Å²) in [6, 6.07) is 7.84. The molecule has 1 aromatic rings. The van der Waals surface area contributed by atoms with Gasteiger partial charge in [0.2, 0.25) is 0 Å². The van der Waals surface area contributed by atoms with Crippen molar-refractivity contribution in [1.82, 2.24) is 0 Å². The second-order valence-electron chi connectivity index (χ2n) is 7.44. The van der Waals surface area contributed by atoms with Crippen molar-refractivity contribution in [1.29, 1.82) is 0 Å². The Labute approximate surface area is 176 Å². The van der Waals surface area contributed by atoms with Gasteiger partial charge in [0, 0.05) is 12.3 Å². The SMILES string of the molecule is CC/C=C/[C@H]1[C@H](C)CC(=O)[C@@H]1CC=C=CC([16OH])C(F)(Oc1ccccc1)C(=O)OC. The molecule has 0 radical (unpaired) electrons. The number of rotatable bonds is 9. The number of Topliss-reactive ketones (excluding diaryl/α,β-unsaturated/α-hetero) is 1. The van der Waals surface area contributed by atoms with E-state index in [9.17, 15) is 14.7 Å². The monoisotopic (exact) mass is 416 g/mol. The van der Waals surface area contributed by atoms with E-state index in [1.165, 1.54) is 12.1 Å². The number of halogens is 1. The molecule has 1 aromatic carbocycles. The van der Waals surface area contributed by atoms with E-state index in [4.69, 9.17) is 4.74 Å². The van der Waals surface area contributed by atoms with Crippen LogP contribution in [0.4, 0.5) is 4.39 Å². The molecule has 0 aliphatic heterocycles. The normalized spacial score (nSPS) is 24.0. The van der Waals surface area contributed by atoms with Crippen LogP contribution < -0.4 is 4.74 Å². The lowest BCUT2D eigenvalue weighted by Gasteiger charge is -2.26. The van der Waals surface area contributed by atoms with Crippen molar-refractivity contribution >= 4 is 11.8 Å². The molecule has 0 aromatic heterocycles. The van der Waals surface area contributed by atoms with Crippen molar-refractivity contribution in [2.24, 2.45) is 17.8 Å². The molecule has 1 fully saturated rings. The maximum absolute atomic E-state index is 15.2. The van der Waals surface area contributed by atoms with E-state index >= 15 is 4.39 Å². The summed E-state index contributed by atoms with van der Waals surface area (Å²) in [7, 11) is 1.01. The number of benzene rings is 1. The van der Waals surface area contributed by atoms with Gasteiger partial charge in [-0.15, -0.1) is 5.73 Å². The Morgan fingerprint density at radius 1 is 1.40 bits per heavy atom. The van der Waals surface area contributed by atoms with Gasteiger partial charge in [-0.25, -0.2) is 4.79 Å². The molecular formula is C24H29FO5. The Morgan fingerprint density at radius 3 is 2.73 bits per heavy atom. The summed E-state index contributed by atoms with van der Waals surface area (Å²) in [5.74, 6) is -3.98. The lowest BCUT2D eigenvalue weighted by Crippen LogP contribution is -2.50. The molecule has 0 spiro atoms. The van der Waals surface area contributed by atoms with E-state index in [1.807, 2.05) is 6.92 Å². The van der Waals surface area contributed by atoms with Gasteiger partial charge in [-0.05, 0) is 49.0 Å². The minimum absolute atomic E-state index is 0.0675. The fourth-order valence-electron chi connectivity index (χ4n) is 3.61. The molecule has 0 bridgehead atoms. The first kappa shape index (κ1) is 23.6. The van der Waals surface area contributed by atoms with Crippen LogP contribution in [0.3, 0.4) is 0 Å². The summed E-state index contributed by atoms with van der Waals surface area (Å²) in [6.07, 6.45) is 6.63. The summed E-state index contributed by atoms with van der Waals surface area (Å²) in [6.45, 7) is 4.10. The van der Waals surface area contributed by atoms with E-state index in [0.717, 1.165) is 19.6 Å². The number of ketones is 1. The van der Waals surface area contributed by atoms with E-state index < -0.39 is 17.9 Å². The molecule has 1 aliphatic carbocycles. The third-order valence-corrected chi connectivity index (χ3v) is 5.25. The molecule has 6 heteroatoms. The number of hydrogen-bond acceptors (Lipinski definition) is 5. The van der Waals surface area contributed by atoms with Gasteiger partial charge in [0.15, 0.2) is 6.10 Å². The van der Waals surface area contributed by atoms with Crippen molar-refractivity contribution in [3.8, 4) is 5.75 Å². The third kappa shape index (κ3) is 5.68. The van der Waals surface area contributed by atoms with E-state index in [2.05, 4.69) is 29.5 Å². The number of carbonyl (C=O) groups excluding carboxylic acids is 2. The second-order valence-corrected chi connectivity index (χ2v) is 7.44. The minimum atomic E-state index is -3.12. The fourth-order valence-corrected chi connectivity index (χ4v) is 3.61. The topological polar surface area (TPSA) is 72.8 Å². The molecule has 1 aliphatic rings. The van der Waals surface area contributed by atoms with Gasteiger partial charge in [0.05, 0.1) is 7.11 Å². The molecule has 2 unspecified atom stereocenters. The number of alkyl halides is 1. The smallest absolute Gasteiger partial charge is 0.387 e. The van der Waals surface area contributed by atoms with E-state index in [-0.39, 0.29) is 29.3 Å². The molecule has 1 saturated carbocycles. The molecule has 162 valence electrons. The first-order valence-corrected chi connectivity index (χ1v) is 10.1. The summed E-state index contributed by atoms with van der Waals surface area (Å²) in [5, 5.41) is 10.3. The molecule has 0 heterocycles. The van der Waals surface area contributed by atoms with Crippen LogP contribution in [0.1, 0.15) is 33.1 Å². The molecule has 5 nitrogen and oxygen atoms in total. The molecule has 5 atom stereocenters. The zero-order valence-electron chi connectivity index (χ0n) is 17.6. The second kappa shape index (κ2) is 10.9. The van der Waals surface area contributed by atoms with Crippen molar-refractivity contribution in [2.75, 3.05) is 7.11 Å². The van der Waals surface area contributed by atoms with Gasteiger partial charge in [-0.1, -0.05) is 44.2 Å². The van der Waals surface area contributed by atoms with Crippen molar-refractivity contribution in [3.63, 3.8) is 0 Å². The number of allylic oxidation sites excluding steroid dienone is 2. The summed E-state index contributed by atoms with van der Waals surface area (Å²) < 4.78 is 24.8. The summed E-state index contributed by atoms with van der Waals surface area (Å²) >= 11 is 0. The largest absolute Gasteiger partial charge is 0.464 e. The molecular weight excluding hydrogens is 387 g/mol. The van der Waals surface area contributed by atoms with Crippen molar-refractivity contribution in [3.05, 3.63) is 60.4 Å². The molecule has 0 saturated heterocycles. The summed E-state index contributed by atoms with van der Waals surface area (Å²) in [5.41, 5.74) is 2.69. The molecule has 2 rings (SSSR count). The number of esters is 1. The predicted molar refractivity (Wildman–Crippen MR) is 111 cm³/mol. The molecule has 30 heavy (non-hydrogen) atoms. The lowest BCUT2D eigenvalue weighted by atomic mass is 9.87. The van der Waals surface area contributed by atoms with Crippen LogP contribution in [0.2, 0.25) is 0 Å². The number of hydrogen-bond donors (Lipinski definition) is 1. The van der Waals surface area contributed by atoms with Crippen LogP contribution in [-0.4, -0.2) is 35.9 Å². The Balaban J connectivity index is 2.13. The zero-order chi connectivity index (χ0) is 22.1. The predicted octanol–water partition coefficient (Wildman–Crippen LogP) is 4.17. The van der Waals surface area contributed by atoms with Crippen LogP contribution in [0.25, 0.3) is 0 Å². The zero-order valence-corrected chi connectivity index (χ0v) is 17.6. The highest BCUT2D eigenvalue weighted by atomic mass is 19.2. The van der Waals surface area contributed by atoms with Crippen LogP contribution in [0, 0.1) is 17.8 Å². The highest BCUT2D eigenvalue weighted by Crippen LogP contribution is 2.37.